The molecule has 0 aliphatic heterocycles. The fourth-order valence-corrected chi connectivity index (χ4v) is 2.74. The minimum absolute atomic E-state index is 0.0659. The van der Waals surface area contributed by atoms with Gasteiger partial charge in [-0.05, 0) is 19.1 Å². The van der Waals surface area contributed by atoms with Crippen LogP contribution in [0.4, 0.5) is 10.2 Å². The van der Waals surface area contributed by atoms with Crippen LogP contribution in [0, 0.1) is 12.7 Å². The van der Waals surface area contributed by atoms with Gasteiger partial charge in [0.15, 0.2) is 5.82 Å². The molecule has 2 heterocycles. The predicted molar refractivity (Wildman–Crippen MR) is 75.6 cm³/mol. The number of sulfonamides is 1. The first-order valence-electron chi connectivity index (χ1n) is 6.21. The molecular formula is C13H11FN4O3S. The molecule has 2 aromatic heterocycles. The summed E-state index contributed by atoms with van der Waals surface area (Å²) in [7, 11) is -3.88. The zero-order valence-electron chi connectivity index (χ0n) is 11.4. The summed E-state index contributed by atoms with van der Waals surface area (Å²) in [6.45, 7) is 1.64. The number of para-hydroxylation sites is 1. The van der Waals surface area contributed by atoms with E-state index in [1.54, 1.807) is 13.0 Å². The van der Waals surface area contributed by atoms with Crippen LogP contribution in [0.25, 0.3) is 5.69 Å². The topological polar surface area (TPSA) is 90.0 Å². The normalized spacial score (nSPS) is 11.5. The zero-order chi connectivity index (χ0) is 15.7. The van der Waals surface area contributed by atoms with Gasteiger partial charge in [-0.15, -0.1) is 0 Å². The van der Waals surface area contributed by atoms with E-state index in [9.17, 15) is 12.8 Å². The van der Waals surface area contributed by atoms with E-state index in [4.69, 9.17) is 4.52 Å². The lowest BCUT2D eigenvalue weighted by atomic mass is 10.3. The summed E-state index contributed by atoms with van der Waals surface area (Å²) in [5.74, 6) is 0.0329. The fourth-order valence-electron chi connectivity index (χ4n) is 1.83. The molecule has 3 rings (SSSR count). The highest BCUT2D eigenvalue weighted by Crippen LogP contribution is 2.18. The summed E-state index contributed by atoms with van der Waals surface area (Å²) in [6.07, 6.45) is 2.34. The number of halogens is 1. The second-order valence-electron chi connectivity index (χ2n) is 4.50. The summed E-state index contributed by atoms with van der Waals surface area (Å²) < 4.78 is 46.3. The van der Waals surface area contributed by atoms with Gasteiger partial charge in [-0.3, -0.25) is 4.72 Å². The molecule has 0 amide bonds. The highest BCUT2D eigenvalue weighted by atomic mass is 32.2. The van der Waals surface area contributed by atoms with Crippen molar-refractivity contribution in [3.05, 3.63) is 54.3 Å². The Labute approximate surface area is 125 Å². The first kappa shape index (κ1) is 14.3. The van der Waals surface area contributed by atoms with Gasteiger partial charge < -0.3 is 4.52 Å². The van der Waals surface area contributed by atoms with Crippen LogP contribution in [0.1, 0.15) is 5.76 Å². The third-order valence-corrected chi connectivity index (χ3v) is 4.14. The molecule has 1 N–H and O–H groups in total. The standard InChI is InChI=1S/C13H11FN4O3S/c1-9-6-13(16-21-9)17-22(19,20)10-7-15-18(8-10)12-5-3-2-4-11(12)14/h2-8H,1H3,(H,16,17). The lowest BCUT2D eigenvalue weighted by Gasteiger charge is -2.02. The van der Waals surface area contributed by atoms with Gasteiger partial charge in [0.05, 0.1) is 12.4 Å². The van der Waals surface area contributed by atoms with Crippen molar-refractivity contribution < 1.29 is 17.3 Å². The number of aromatic nitrogens is 3. The van der Waals surface area contributed by atoms with Crippen LogP contribution in [-0.2, 0) is 10.0 Å². The van der Waals surface area contributed by atoms with Crippen molar-refractivity contribution in [3.63, 3.8) is 0 Å². The molecule has 0 saturated carbocycles. The average molecular weight is 322 g/mol. The Morgan fingerprint density at radius 1 is 1.32 bits per heavy atom. The van der Waals surface area contributed by atoms with Crippen molar-refractivity contribution in [2.24, 2.45) is 0 Å². The van der Waals surface area contributed by atoms with Crippen LogP contribution in [-0.4, -0.2) is 23.4 Å². The molecule has 0 unspecified atom stereocenters. The molecule has 7 nitrogen and oxygen atoms in total. The number of rotatable bonds is 4. The Balaban J connectivity index is 1.91. The molecule has 1 aromatic carbocycles. The Hall–Kier alpha value is -2.68. The molecule has 3 aromatic rings. The van der Waals surface area contributed by atoms with E-state index in [1.165, 1.54) is 30.5 Å². The van der Waals surface area contributed by atoms with Gasteiger partial charge in [0.25, 0.3) is 10.0 Å². The van der Waals surface area contributed by atoms with Gasteiger partial charge >= 0.3 is 0 Å². The summed E-state index contributed by atoms with van der Waals surface area (Å²) in [6, 6.07) is 7.37. The molecule has 0 aliphatic rings. The Morgan fingerprint density at radius 2 is 2.09 bits per heavy atom. The summed E-state index contributed by atoms with van der Waals surface area (Å²) in [5.41, 5.74) is 0.154. The third kappa shape index (κ3) is 2.70. The number of aryl methyl sites for hydroxylation is 1. The van der Waals surface area contributed by atoms with E-state index in [-0.39, 0.29) is 16.4 Å². The van der Waals surface area contributed by atoms with Crippen molar-refractivity contribution in [2.45, 2.75) is 11.8 Å². The Morgan fingerprint density at radius 3 is 2.77 bits per heavy atom. The SMILES string of the molecule is Cc1cc(NS(=O)(=O)c2cnn(-c3ccccc3F)c2)no1. The van der Waals surface area contributed by atoms with Crippen molar-refractivity contribution in [2.75, 3.05) is 4.72 Å². The lowest BCUT2D eigenvalue weighted by molar-refractivity contribution is 0.400. The molecule has 0 spiro atoms. The van der Waals surface area contributed by atoms with E-state index in [0.29, 0.717) is 5.76 Å². The van der Waals surface area contributed by atoms with Gasteiger partial charge in [0.2, 0.25) is 0 Å². The number of hydrogen-bond donors (Lipinski definition) is 1. The first-order valence-corrected chi connectivity index (χ1v) is 7.70. The molecule has 0 atom stereocenters. The lowest BCUT2D eigenvalue weighted by Crippen LogP contribution is -2.12. The van der Waals surface area contributed by atoms with Crippen molar-refractivity contribution in [1.29, 1.82) is 0 Å². The molecule has 0 radical (unpaired) electrons. The van der Waals surface area contributed by atoms with Crippen molar-refractivity contribution in [3.8, 4) is 5.69 Å². The van der Waals surface area contributed by atoms with Crippen LogP contribution in [0.5, 0.6) is 0 Å². The van der Waals surface area contributed by atoms with Gasteiger partial charge in [-0.25, -0.2) is 17.5 Å². The minimum Gasteiger partial charge on any atom is -0.360 e. The number of benzene rings is 1. The van der Waals surface area contributed by atoms with E-state index in [1.807, 2.05) is 0 Å². The Kier molecular flexibility index (Phi) is 3.41. The monoisotopic (exact) mass is 322 g/mol. The summed E-state index contributed by atoms with van der Waals surface area (Å²) in [5, 5.41) is 7.43. The highest BCUT2D eigenvalue weighted by Gasteiger charge is 2.19. The van der Waals surface area contributed by atoms with E-state index in [2.05, 4.69) is 15.0 Å². The average Bonchev–Trinajstić information content (AvgIpc) is 3.09. The summed E-state index contributed by atoms with van der Waals surface area (Å²) >= 11 is 0. The molecule has 0 bridgehead atoms. The molecule has 0 saturated heterocycles. The molecular weight excluding hydrogens is 311 g/mol. The van der Waals surface area contributed by atoms with E-state index >= 15 is 0 Å². The zero-order valence-corrected chi connectivity index (χ0v) is 12.2. The van der Waals surface area contributed by atoms with Crippen molar-refractivity contribution in [1.82, 2.24) is 14.9 Å². The van der Waals surface area contributed by atoms with Crippen LogP contribution in [0.2, 0.25) is 0 Å². The quantitative estimate of drug-likeness (QED) is 0.794. The van der Waals surface area contributed by atoms with Crippen LogP contribution >= 0.6 is 0 Å². The summed E-state index contributed by atoms with van der Waals surface area (Å²) in [4.78, 5) is -0.114. The highest BCUT2D eigenvalue weighted by molar-refractivity contribution is 7.92. The van der Waals surface area contributed by atoms with Gasteiger partial charge in [-0.1, -0.05) is 17.3 Å². The van der Waals surface area contributed by atoms with Crippen LogP contribution < -0.4 is 4.72 Å². The van der Waals surface area contributed by atoms with E-state index in [0.717, 1.165) is 10.9 Å². The molecule has 0 fully saturated rings. The molecule has 22 heavy (non-hydrogen) atoms. The third-order valence-electron chi connectivity index (χ3n) is 2.84. The van der Waals surface area contributed by atoms with Crippen LogP contribution in [0.15, 0.2) is 52.1 Å². The maximum atomic E-state index is 13.7. The van der Waals surface area contributed by atoms with Gasteiger partial charge in [0, 0.05) is 6.07 Å². The number of nitrogens with zero attached hydrogens (tertiary/aromatic N) is 3. The molecule has 114 valence electrons. The Bertz CT molecular complexity index is 917. The van der Waals surface area contributed by atoms with Gasteiger partial charge in [-0.2, -0.15) is 5.10 Å². The largest absolute Gasteiger partial charge is 0.360 e. The maximum Gasteiger partial charge on any atom is 0.266 e. The van der Waals surface area contributed by atoms with Gasteiger partial charge in [0.1, 0.15) is 22.2 Å². The predicted octanol–water partition coefficient (Wildman–Crippen LogP) is 2.11. The number of anilines is 1. The first-order chi connectivity index (χ1) is 10.5. The number of hydrogen-bond acceptors (Lipinski definition) is 5. The number of nitrogens with one attached hydrogen (secondary N) is 1. The molecule has 0 aliphatic carbocycles. The van der Waals surface area contributed by atoms with E-state index < -0.39 is 15.8 Å². The van der Waals surface area contributed by atoms with Crippen molar-refractivity contribution >= 4 is 15.8 Å². The fraction of sp³-hybridized carbons (Fsp3) is 0.0769. The van der Waals surface area contributed by atoms with Crippen LogP contribution in [0.3, 0.4) is 0 Å². The second-order valence-corrected chi connectivity index (χ2v) is 6.18. The maximum absolute atomic E-state index is 13.7. The second kappa shape index (κ2) is 5.26. The smallest absolute Gasteiger partial charge is 0.266 e. The molecule has 9 heteroatoms. The minimum atomic E-state index is -3.88.